The van der Waals surface area contributed by atoms with Crippen LogP contribution in [0.5, 0.6) is 0 Å². The number of nitrogens with zero attached hydrogens (tertiary/aromatic N) is 3. The van der Waals surface area contributed by atoms with E-state index in [2.05, 4.69) is 15.7 Å². The fourth-order valence-corrected chi connectivity index (χ4v) is 2.85. The van der Waals surface area contributed by atoms with Crippen molar-refractivity contribution in [3.63, 3.8) is 0 Å². The molecule has 7 heteroatoms. The molecule has 0 saturated carbocycles. The Morgan fingerprint density at radius 3 is 2.96 bits per heavy atom. The van der Waals surface area contributed by atoms with Gasteiger partial charge in [0, 0.05) is 25.4 Å². The van der Waals surface area contributed by atoms with E-state index in [1.807, 2.05) is 36.5 Å². The van der Waals surface area contributed by atoms with Crippen molar-refractivity contribution in [2.75, 3.05) is 13.6 Å². The monoisotopic (exact) mass is 341 g/mol. The van der Waals surface area contributed by atoms with Crippen LogP contribution < -0.4 is 10.6 Å². The lowest BCUT2D eigenvalue weighted by Crippen LogP contribution is -2.49. The first-order valence-corrected chi connectivity index (χ1v) is 8.52. The van der Waals surface area contributed by atoms with Crippen LogP contribution >= 0.6 is 0 Å². The van der Waals surface area contributed by atoms with Gasteiger partial charge in [0.1, 0.15) is 6.04 Å². The molecule has 0 radical (unpaired) electrons. The Balaban J connectivity index is 1.58. The Bertz CT molecular complexity index is 728. The van der Waals surface area contributed by atoms with Gasteiger partial charge in [-0.15, -0.1) is 0 Å². The summed E-state index contributed by atoms with van der Waals surface area (Å²) >= 11 is 0. The van der Waals surface area contributed by atoms with Crippen LogP contribution in [0.4, 0.5) is 4.79 Å². The molecule has 3 amide bonds. The van der Waals surface area contributed by atoms with Gasteiger partial charge in [-0.05, 0) is 31.4 Å². The van der Waals surface area contributed by atoms with Crippen molar-refractivity contribution in [1.82, 2.24) is 25.3 Å². The van der Waals surface area contributed by atoms with Gasteiger partial charge in [0.25, 0.3) is 0 Å². The summed E-state index contributed by atoms with van der Waals surface area (Å²) in [7, 11) is 1.71. The van der Waals surface area contributed by atoms with Crippen molar-refractivity contribution in [3.8, 4) is 5.69 Å². The molecule has 132 valence electrons. The minimum Gasteiger partial charge on any atom is -0.354 e. The highest BCUT2D eigenvalue weighted by Gasteiger charge is 2.23. The van der Waals surface area contributed by atoms with Gasteiger partial charge in [-0.25, -0.2) is 9.48 Å². The zero-order valence-corrected chi connectivity index (χ0v) is 14.3. The van der Waals surface area contributed by atoms with E-state index < -0.39 is 6.04 Å². The number of carbonyl (C=O) groups is 2. The molecular formula is C18H23N5O2. The van der Waals surface area contributed by atoms with Crippen LogP contribution in [0.3, 0.4) is 0 Å². The van der Waals surface area contributed by atoms with Gasteiger partial charge in [0.15, 0.2) is 0 Å². The van der Waals surface area contributed by atoms with Gasteiger partial charge in [-0.3, -0.25) is 4.79 Å². The van der Waals surface area contributed by atoms with Gasteiger partial charge in [-0.2, -0.15) is 5.10 Å². The molecule has 1 aromatic carbocycles. The molecule has 1 saturated heterocycles. The molecule has 25 heavy (non-hydrogen) atoms. The average molecular weight is 341 g/mol. The fourth-order valence-electron chi connectivity index (χ4n) is 2.85. The van der Waals surface area contributed by atoms with Gasteiger partial charge in [0.05, 0.1) is 18.4 Å². The van der Waals surface area contributed by atoms with Gasteiger partial charge >= 0.3 is 6.03 Å². The number of rotatable bonds is 4. The maximum atomic E-state index is 12.4. The van der Waals surface area contributed by atoms with Crippen molar-refractivity contribution in [3.05, 3.63) is 48.3 Å². The van der Waals surface area contributed by atoms with E-state index in [1.54, 1.807) is 22.8 Å². The molecule has 3 rings (SSSR count). The first-order valence-electron chi connectivity index (χ1n) is 8.52. The topological polar surface area (TPSA) is 79.3 Å². The summed E-state index contributed by atoms with van der Waals surface area (Å²) in [5.74, 6) is -0.101. The Kier molecular flexibility index (Phi) is 5.33. The van der Waals surface area contributed by atoms with Gasteiger partial charge in [-0.1, -0.05) is 18.2 Å². The summed E-state index contributed by atoms with van der Waals surface area (Å²) in [6.07, 6.45) is 6.20. The molecule has 0 bridgehead atoms. The quantitative estimate of drug-likeness (QED) is 0.888. The number of hydrogen-bond donors (Lipinski definition) is 2. The van der Waals surface area contributed by atoms with Crippen molar-refractivity contribution < 1.29 is 9.59 Å². The first-order chi connectivity index (χ1) is 12.1. The van der Waals surface area contributed by atoms with E-state index in [4.69, 9.17) is 0 Å². The number of hydrogen-bond acceptors (Lipinski definition) is 3. The summed E-state index contributed by atoms with van der Waals surface area (Å²) < 4.78 is 1.78. The Morgan fingerprint density at radius 2 is 2.16 bits per heavy atom. The van der Waals surface area contributed by atoms with E-state index in [1.165, 1.54) is 0 Å². The lowest BCUT2D eigenvalue weighted by atomic mass is 10.1. The molecule has 0 spiro atoms. The Labute approximate surface area is 147 Å². The predicted octanol–water partition coefficient (Wildman–Crippen LogP) is 1.68. The van der Waals surface area contributed by atoms with E-state index in [9.17, 15) is 9.59 Å². The van der Waals surface area contributed by atoms with E-state index in [-0.39, 0.29) is 11.9 Å². The highest BCUT2D eigenvalue weighted by Crippen LogP contribution is 2.10. The maximum Gasteiger partial charge on any atom is 0.318 e. The number of amides is 3. The Hall–Kier alpha value is -2.83. The van der Waals surface area contributed by atoms with Crippen LogP contribution in [0.1, 0.15) is 24.8 Å². The highest BCUT2D eigenvalue weighted by molar-refractivity contribution is 5.87. The number of benzene rings is 1. The first kappa shape index (κ1) is 17.0. The molecule has 1 unspecified atom stereocenters. The largest absolute Gasteiger partial charge is 0.354 e. The number of urea groups is 1. The molecule has 1 aliphatic rings. The standard InChI is InChI=1S/C18H23N5O2/c1-22(18(25)21-16-9-5-6-10-19-17(16)24)12-14-11-20-23(13-14)15-7-3-2-4-8-15/h2-4,7-8,11,13,16H,5-6,9-10,12H2,1H3,(H,19,24)(H,21,25). The van der Waals surface area contributed by atoms with Crippen molar-refractivity contribution >= 4 is 11.9 Å². The second-order valence-corrected chi connectivity index (χ2v) is 6.27. The normalized spacial score (nSPS) is 17.5. The van der Waals surface area contributed by atoms with Crippen molar-refractivity contribution in [2.24, 2.45) is 0 Å². The van der Waals surface area contributed by atoms with E-state index in [0.29, 0.717) is 19.5 Å². The number of nitrogens with one attached hydrogen (secondary N) is 2. The van der Waals surface area contributed by atoms with Crippen molar-refractivity contribution in [1.29, 1.82) is 0 Å². The lowest BCUT2D eigenvalue weighted by molar-refractivity contribution is -0.122. The third-order valence-corrected chi connectivity index (χ3v) is 4.26. The van der Waals surface area contributed by atoms with Gasteiger partial charge in [0.2, 0.25) is 5.91 Å². The summed E-state index contributed by atoms with van der Waals surface area (Å²) in [6, 6.07) is 9.09. The fraction of sp³-hybridized carbons (Fsp3) is 0.389. The van der Waals surface area contributed by atoms with Gasteiger partial charge < -0.3 is 15.5 Å². The predicted molar refractivity (Wildman–Crippen MR) is 94.2 cm³/mol. The second-order valence-electron chi connectivity index (χ2n) is 6.27. The zero-order chi connectivity index (χ0) is 17.6. The van der Waals surface area contributed by atoms with Crippen LogP contribution in [-0.4, -0.2) is 46.3 Å². The summed E-state index contributed by atoms with van der Waals surface area (Å²) in [5, 5.41) is 9.97. The minimum absolute atomic E-state index is 0.101. The summed E-state index contributed by atoms with van der Waals surface area (Å²) in [5.41, 5.74) is 1.89. The molecule has 1 aliphatic heterocycles. The van der Waals surface area contributed by atoms with Crippen molar-refractivity contribution in [2.45, 2.75) is 31.8 Å². The number of aromatic nitrogens is 2. The molecular weight excluding hydrogens is 318 g/mol. The molecule has 2 N–H and O–H groups in total. The molecule has 2 aromatic rings. The van der Waals surface area contributed by atoms with Crippen LogP contribution in [0.25, 0.3) is 5.69 Å². The summed E-state index contributed by atoms with van der Waals surface area (Å²) in [4.78, 5) is 25.9. The minimum atomic E-state index is -0.454. The lowest BCUT2D eigenvalue weighted by Gasteiger charge is -2.21. The van der Waals surface area contributed by atoms with Crippen LogP contribution in [0.15, 0.2) is 42.7 Å². The zero-order valence-electron chi connectivity index (χ0n) is 14.3. The molecule has 1 fully saturated rings. The maximum absolute atomic E-state index is 12.4. The van der Waals surface area contributed by atoms with Crippen LogP contribution in [0.2, 0.25) is 0 Å². The van der Waals surface area contributed by atoms with E-state index >= 15 is 0 Å². The van der Waals surface area contributed by atoms with Crippen LogP contribution in [-0.2, 0) is 11.3 Å². The third-order valence-electron chi connectivity index (χ3n) is 4.26. The third kappa shape index (κ3) is 4.37. The van der Waals surface area contributed by atoms with Crippen LogP contribution in [0, 0.1) is 0 Å². The molecule has 2 heterocycles. The number of para-hydroxylation sites is 1. The molecule has 1 atom stereocenters. The summed E-state index contributed by atoms with van der Waals surface area (Å²) in [6.45, 7) is 1.10. The SMILES string of the molecule is CN(Cc1cnn(-c2ccccc2)c1)C(=O)NC1CCCCNC1=O. The smallest absolute Gasteiger partial charge is 0.318 e. The number of carbonyl (C=O) groups excluding carboxylic acids is 2. The molecule has 1 aromatic heterocycles. The second kappa shape index (κ2) is 7.83. The highest BCUT2D eigenvalue weighted by atomic mass is 16.2. The van der Waals surface area contributed by atoms with E-state index in [0.717, 1.165) is 24.1 Å². The Morgan fingerprint density at radius 1 is 1.36 bits per heavy atom. The molecule has 7 nitrogen and oxygen atoms in total. The average Bonchev–Trinajstić information content (AvgIpc) is 3.00. The molecule has 0 aliphatic carbocycles.